The summed E-state index contributed by atoms with van der Waals surface area (Å²) in [6.45, 7) is 4.38. The lowest BCUT2D eigenvalue weighted by Crippen LogP contribution is -2.58. The van der Waals surface area contributed by atoms with Gasteiger partial charge in [-0.05, 0) is 50.2 Å². The Hall–Kier alpha value is -2.34. The van der Waals surface area contributed by atoms with Gasteiger partial charge in [-0.25, -0.2) is 4.79 Å². The fourth-order valence-corrected chi connectivity index (χ4v) is 3.90. The summed E-state index contributed by atoms with van der Waals surface area (Å²) in [6, 6.07) is -3.72. The van der Waals surface area contributed by atoms with Crippen LogP contribution < -0.4 is 21.3 Å². The molecule has 6 N–H and O–H groups in total. The highest BCUT2D eigenvalue weighted by Gasteiger charge is 2.33. The third-order valence-electron chi connectivity index (χ3n) is 5.68. The van der Waals surface area contributed by atoms with E-state index in [2.05, 4.69) is 21.3 Å². The molecule has 0 aromatic rings. The van der Waals surface area contributed by atoms with Crippen molar-refractivity contribution < 1.29 is 34.2 Å². The largest absolute Gasteiger partial charge is 0.481 e. The predicted molar refractivity (Wildman–Crippen MR) is 124 cm³/mol. The number of rotatable bonds is 15. The van der Waals surface area contributed by atoms with Crippen LogP contribution in [0.25, 0.3) is 0 Å². The molecule has 3 amide bonds. The number of aliphatic carboxylic acids is 2. The molecular weight excluding hydrogens is 452 g/mol. The van der Waals surface area contributed by atoms with Crippen molar-refractivity contribution in [3.8, 4) is 0 Å². The van der Waals surface area contributed by atoms with Crippen molar-refractivity contribution in [1.82, 2.24) is 21.3 Å². The van der Waals surface area contributed by atoms with E-state index in [1.807, 2.05) is 6.92 Å². The molecule has 12 heteroatoms. The maximum Gasteiger partial charge on any atom is 0.326 e. The number of carbonyl (C=O) groups is 5. The van der Waals surface area contributed by atoms with Gasteiger partial charge in [-0.2, -0.15) is 11.8 Å². The second-order valence-corrected chi connectivity index (χ2v) is 9.18. The fraction of sp³-hybridized carbons (Fsp3) is 0.762. The van der Waals surface area contributed by atoms with E-state index in [-0.39, 0.29) is 30.7 Å². The van der Waals surface area contributed by atoms with E-state index in [0.29, 0.717) is 18.6 Å². The van der Waals surface area contributed by atoms with Gasteiger partial charge in [-0.3, -0.25) is 19.2 Å². The van der Waals surface area contributed by atoms with Gasteiger partial charge in [0.25, 0.3) is 0 Å². The standard InChI is InChI=1S/C21H36N4O7S/c1-4-12(2)17(25-18(28)13-6-5-10-22-13)20(30)23-14(7-8-16(26)27)19(29)24-15(21(31)32)9-11-33-3/h12-15,17,22H,4-11H2,1-3H3,(H,23,30)(H,24,29)(H,25,28)(H,26,27)(H,31,32). The highest BCUT2D eigenvalue weighted by Crippen LogP contribution is 2.12. The van der Waals surface area contributed by atoms with Gasteiger partial charge < -0.3 is 31.5 Å². The van der Waals surface area contributed by atoms with E-state index in [0.717, 1.165) is 13.0 Å². The number of carboxylic acid groups (broad SMARTS) is 2. The van der Waals surface area contributed by atoms with Crippen LogP contribution in [-0.2, 0) is 24.0 Å². The molecule has 1 aliphatic heterocycles. The van der Waals surface area contributed by atoms with Crippen LogP contribution in [-0.4, -0.2) is 82.6 Å². The Morgan fingerprint density at radius 1 is 1.03 bits per heavy atom. The van der Waals surface area contributed by atoms with E-state index in [4.69, 9.17) is 5.11 Å². The first kappa shape index (κ1) is 28.7. The molecule has 33 heavy (non-hydrogen) atoms. The Labute approximate surface area is 198 Å². The summed E-state index contributed by atoms with van der Waals surface area (Å²) >= 11 is 1.43. The number of carbonyl (C=O) groups excluding carboxylic acids is 3. The molecule has 5 unspecified atom stereocenters. The van der Waals surface area contributed by atoms with Crippen LogP contribution in [0.1, 0.15) is 52.4 Å². The summed E-state index contributed by atoms with van der Waals surface area (Å²) in [7, 11) is 0. The van der Waals surface area contributed by atoms with Gasteiger partial charge in [-0.1, -0.05) is 20.3 Å². The van der Waals surface area contributed by atoms with Crippen LogP contribution in [0.15, 0.2) is 0 Å². The minimum absolute atomic E-state index is 0.182. The number of nitrogens with one attached hydrogen (secondary N) is 4. The zero-order valence-corrected chi connectivity index (χ0v) is 20.2. The molecule has 0 spiro atoms. The molecule has 1 rings (SSSR count). The number of hydrogen-bond acceptors (Lipinski definition) is 7. The van der Waals surface area contributed by atoms with E-state index in [1.165, 1.54) is 11.8 Å². The average Bonchev–Trinajstić information content (AvgIpc) is 3.31. The van der Waals surface area contributed by atoms with E-state index in [1.54, 1.807) is 13.2 Å². The minimum Gasteiger partial charge on any atom is -0.481 e. The van der Waals surface area contributed by atoms with Gasteiger partial charge in [0.2, 0.25) is 17.7 Å². The highest BCUT2D eigenvalue weighted by atomic mass is 32.2. The molecule has 1 heterocycles. The summed E-state index contributed by atoms with van der Waals surface area (Å²) < 4.78 is 0. The van der Waals surface area contributed by atoms with Gasteiger partial charge in [-0.15, -0.1) is 0 Å². The molecule has 11 nitrogen and oxygen atoms in total. The number of amides is 3. The van der Waals surface area contributed by atoms with E-state index >= 15 is 0 Å². The summed E-state index contributed by atoms with van der Waals surface area (Å²) in [5.74, 6) is -3.80. The Kier molecular flexibility index (Phi) is 12.8. The Bertz CT molecular complexity index is 700. The van der Waals surface area contributed by atoms with Crippen LogP contribution in [0, 0.1) is 5.92 Å². The van der Waals surface area contributed by atoms with Crippen LogP contribution in [0.3, 0.4) is 0 Å². The van der Waals surface area contributed by atoms with Crippen molar-refractivity contribution in [2.24, 2.45) is 5.92 Å². The lowest BCUT2D eigenvalue weighted by Gasteiger charge is -2.28. The molecule has 0 saturated carbocycles. The lowest BCUT2D eigenvalue weighted by atomic mass is 9.97. The Balaban J connectivity index is 2.95. The lowest BCUT2D eigenvalue weighted by molar-refractivity contribution is -0.143. The second kappa shape index (κ2) is 14.7. The Morgan fingerprint density at radius 3 is 2.21 bits per heavy atom. The first-order valence-corrected chi connectivity index (χ1v) is 12.6. The molecule has 188 valence electrons. The third-order valence-corrected chi connectivity index (χ3v) is 6.32. The zero-order chi connectivity index (χ0) is 25.0. The van der Waals surface area contributed by atoms with Crippen LogP contribution in [0.2, 0.25) is 0 Å². The van der Waals surface area contributed by atoms with Crippen LogP contribution in [0.4, 0.5) is 0 Å². The maximum absolute atomic E-state index is 13.1. The van der Waals surface area contributed by atoms with E-state index < -0.39 is 48.3 Å². The first-order chi connectivity index (χ1) is 15.6. The maximum atomic E-state index is 13.1. The zero-order valence-electron chi connectivity index (χ0n) is 19.4. The third kappa shape index (κ3) is 9.99. The molecule has 1 saturated heterocycles. The van der Waals surface area contributed by atoms with Gasteiger partial charge in [0.1, 0.15) is 18.1 Å². The van der Waals surface area contributed by atoms with Crippen molar-refractivity contribution in [2.75, 3.05) is 18.6 Å². The molecular formula is C21H36N4O7S. The van der Waals surface area contributed by atoms with Crippen molar-refractivity contribution in [3.63, 3.8) is 0 Å². The predicted octanol–water partition coefficient (Wildman–Crippen LogP) is -0.0586. The van der Waals surface area contributed by atoms with Crippen molar-refractivity contribution in [2.45, 2.75) is 76.5 Å². The van der Waals surface area contributed by atoms with Crippen molar-refractivity contribution >= 4 is 41.4 Å². The van der Waals surface area contributed by atoms with Crippen molar-refractivity contribution in [3.05, 3.63) is 0 Å². The van der Waals surface area contributed by atoms with Gasteiger partial charge in [0, 0.05) is 6.42 Å². The molecule has 0 radical (unpaired) electrons. The summed E-state index contributed by atoms with van der Waals surface area (Å²) in [6.07, 6.45) is 3.48. The summed E-state index contributed by atoms with van der Waals surface area (Å²) in [4.78, 5) is 60.9. The van der Waals surface area contributed by atoms with E-state index in [9.17, 15) is 29.1 Å². The summed E-state index contributed by atoms with van der Waals surface area (Å²) in [5, 5.41) is 29.1. The quantitative estimate of drug-likeness (QED) is 0.184. The Morgan fingerprint density at radius 2 is 1.70 bits per heavy atom. The number of thioether (sulfide) groups is 1. The SMILES string of the molecule is CCC(C)C(NC(=O)C1CCCN1)C(=O)NC(CCC(=O)O)C(=O)NC(CCSC)C(=O)O. The average molecular weight is 489 g/mol. The molecule has 0 aromatic heterocycles. The second-order valence-electron chi connectivity index (χ2n) is 8.20. The summed E-state index contributed by atoms with van der Waals surface area (Å²) in [5.41, 5.74) is 0. The molecule has 0 aliphatic carbocycles. The topological polar surface area (TPSA) is 174 Å². The fourth-order valence-electron chi connectivity index (χ4n) is 3.43. The van der Waals surface area contributed by atoms with Crippen LogP contribution >= 0.6 is 11.8 Å². The molecule has 0 aromatic carbocycles. The molecule has 1 fully saturated rings. The normalized spacial score (nSPS) is 19.1. The highest BCUT2D eigenvalue weighted by molar-refractivity contribution is 7.98. The number of hydrogen-bond donors (Lipinski definition) is 6. The van der Waals surface area contributed by atoms with Gasteiger partial charge in [0.05, 0.1) is 6.04 Å². The minimum atomic E-state index is -1.25. The number of carboxylic acids is 2. The van der Waals surface area contributed by atoms with Crippen LogP contribution in [0.5, 0.6) is 0 Å². The molecule has 5 atom stereocenters. The van der Waals surface area contributed by atoms with Gasteiger partial charge in [0.15, 0.2) is 0 Å². The molecule has 0 bridgehead atoms. The molecule has 1 aliphatic rings. The monoisotopic (exact) mass is 488 g/mol. The van der Waals surface area contributed by atoms with Crippen molar-refractivity contribution in [1.29, 1.82) is 0 Å². The van der Waals surface area contributed by atoms with Gasteiger partial charge >= 0.3 is 11.9 Å². The first-order valence-electron chi connectivity index (χ1n) is 11.2. The smallest absolute Gasteiger partial charge is 0.326 e.